The lowest BCUT2D eigenvalue weighted by molar-refractivity contribution is 0.0919. The average Bonchev–Trinajstić information content (AvgIpc) is 3.21. The number of amides is 1. The van der Waals surface area contributed by atoms with E-state index in [9.17, 15) is 13.2 Å². The smallest absolute Gasteiger partial charge is 0.270 e. The van der Waals surface area contributed by atoms with Crippen LogP contribution in [0.15, 0.2) is 32.6 Å². The third kappa shape index (κ3) is 3.22. The molecule has 2 aromatic rings. The fourth-order valence-corrected chi connectivity index (χ4v) is 5.51. The second-order valence-electron chi connectivity index (χ2n) is 4.96. The predicted molar refractivity (Wildman–Crippen MR) is 85.7 cm³/mol. The molecule has 1 N–H and O–H groups in total. The zero-order valence-electron chi connectivity index (χ0n) is 11.6. The maximum atomic E-state index is 12.4. The van der Waals surface area contributed by atoms with Gasteiger partial charge in [-0.05, 0) is 24.3 Å². The summed E-state index contributed by atoms with van der Waals surface area (Å²) in [5, 5.41) is 6.37. The molecular weight excluding hydrogens is 342 g/mol. The molecule has 118 valence electrons. The highest BCUT2D eigenvalue weighted by molar-refractivity contribution is 7.91. The SMILES string of the molecule is O=C(NC1CCN(S(=O)(=O)c2cccs2)CC1)c1cscn1. The number of nitrogens with zero attached hydrogens (tertiary/aromatic N) is 2. The second kappa shape index (κ2) is 6.45. The van der Waals surface area contributed by atoms with Crippen LogP contribution in [0.2, 0.25) is 0 Å². The number of thiazole rings is 1. The molecule has 9 heteroatoms. The fraction of sp³-hybridized carbons (Fsp3) is 0.385. The van der Waals surface area contributed by atoms with Crippen molar-refractivity contribution in [2.24, 2.45) is 0 Å². The van der Waals surface area contributed by atoms with Gasteiger partial charge in [-0.3, -0.25) is 4.79 Å². The van der Waals surface area contributed by atoms with Gasteiger partial charge in [0.2, 0.25) is 0 Å². The monoisotopic (exact) mass is 357 g/mol. The highest BCUT2D eigenvalue weighted by atomic mass is 32.2. The predicted octanol–water partition coefficient (Wildman–Crippen LogP) is 1.79. The first-order chi connectivity index (χ1) is 10.6. The minimum atomic E-state index is -3.39. The highest BCUT2D eigenvalue weighted by Crippen LogP contribution is 2.24. The summed E-state index contributed by atoms with van der Waals surface area (Å²) >= 11 is 2.60. The van der Waals surface area contributed by atoms with E-state index in [1.807, 2.05) is 0 Å². The van der Waals surface area contributed by atoms with Crippen molar-refractivity contribution in [2.75, 3.05) is 13.1 Å². The number of aromatic nitrogens is 1. The Kier molecular flexibility index (Phi) is 4.57. The number of carbonyl (C=O) groups is 1. The van der Waals surface area contributed by atoms with Gasteiger partial charge in [0.05, 0.1) is 5.51 Å². The number of sulfonamides is 1. The maximum Gasteiger partial charge on any atom is 0.270 e. The van der Waals surface area contributed by atoms with Crippen molar-refractivity contribution in [3.05, 3.63) is 34.1 Å². The lowest BCUT2D eigenvalue weighted by Crippen LogP contribution is -2.46. The van der Waals surface area contributed by atoms with Gasteiger partial charge in [0.15, 0.2) is 0 Å². The van der Waals surface area contributed by atoms with E-state index in [0.717, 1.165) is 0 Å². The largest absolute Gasteiger partial charge is 0.348 e. The highest BCUT2D eigenvalue weighted by Gasteiger charge is 2.30. The normalized spacial score (nSPS) is 17.5. The topological polar surface area (TPSA) is 79.4 Å². The Labute approximate surface area is 136 Å². The third-order valence-electron chi connectivity index (χ3n) is 3.54. The minimum absolute atomic E-state index is 0.0102. The lowest BCUT2D eigenvalue weighted by atomic mass is 10.1. The quantitative estimate of drug-likeness (QED) is 0.905. The molecule has 0 atom stereocenters. The van der Waals surface area contributed by atoms with E-state index in [1.165, 1.54) is 27.0 Å². The van der Waals surface area contributed by atoms with Crippen molar-refractivity contribution in [3.8, 4) is 0 Å². The summed E-state index contributed by atoms with van der Waals surface area (Å²) in [6.07, 6.45) is 1.22. The molecule has 0 aromatic carbocycles. The summed E-state index contributed by atoms with van der Waals surface area (Å²) in [5.41, 5.74) is 2.03. The molecule has 0 saturated carbocycles. The maximum absolute atomic E-state index is 12.4. The molecule has 0 unspecified atom stereocenters. The minimum Gasteiger partial charge on any atom is -0.348 e. The molecule has 1 aliphatic rings. The standard InChI is InChI=1S/C13H15N3O3S3/c17-13(11-8-20-9-14-11)15-10-3-5-16(6-4-10)22(18,19)12-2-1-7-21-12/h1-2,7-10H,3-6H2,(H,15,17). The summed E-state index contributed by atoms with van der Waals surface area (Å²) in [5.74, 6) is -0.194. The first-order valence-electron chi connectivity index (χ1n) is 6.80. The second-order valence-corrected chi connectivity index (χ2v) is 8.79. The Hall–Kier alpha value is -1.29. The number of hydrogen-bond donors (Lipinski definition) is 1. The van der Waals surface area contributed by atoms with Crippen LogP contribution in [0.1, 0.15) is 23.3 Å². The van der Waals surface area contributed by atoms with E-state index < -0.39 is 10.0 Å². The van der Waals surface area contributed by atoms with Gasteiger partial charge >= 0.3 is 0 Å². The Balaban J connectivity index is 1.58. The van der Waals surface area contributed by atoms with Crippen LogP contribution in [-0.2, 0) is 10.0 Å². The van der Waals surface area contributed by atoms with Crippen molar-refractivity contribution in [3.63, 3.8) is 0 Å². The van der Waals surface area contributed by atoms with Gasteiger partial charge in [0.25, 0.3) is 15.9 Å². The van der Waals surface area contributed by atoms with Crippen molar-refractivity contribution >= 4 is 38.6 Å². The van der Waals surface area contributed by atoms with Crippen molar-refractivity contribution < 1.29 is 13.2 Å². The first kappa shape index (κ1) is 15.6. The molecule has 2 aromatic heterocycles. The van der Waals surface area contributed by atoms with Gasteiger partial charge in [-0.25, -0.2) is 13.4 Å². The summed E-state index contributed by atoms with van der Waals surface area (Å²) < 4.78 is 26.7. The van der Waals surface area contributed by atoms with Crippen LogP contribution in [-0.4, -0.2) is 42.7 Å². The van der Waals surface area contributed by atoms with Gasteiger partial charge in [0.1, 0.15) is 9.90 Å². The Morgan fingerprint density at radius 3 is 2.73 bits per heavy atom. The van der Waals surface area contributed by atoms with E-state index in [0.29, 0.717) is 35.8 Å². The molecule has 1 fully saturated rings. The number of thiophene rings is 1. The van der Waals surface area contributed by atoms with Crippen LogP contribution in [0.5, 0.6) is 0 Å². The first-order valence-corrected chi connectivity index (χ1v) is 10.1. The van der Waals surface area contributed by atoms with Gasteiger partial charge in [-0.1, -0.05) is 6.07 Å². The molecular formula is C13H15N3O3S3. The molecule has 0 aliphatic carbocycles. The van der Waals surface area contributed by atoms with E-state index in [-0.39, 0.29) is 11.9 Å². The molecule has 6 nitrogen and oxygen atoms in total. The van der Waals surface area contributed by atoms with Gasteiger partial charge in [-0.2, -0.15) is 4.31 Å². The van der Waals surface area contributed by atoms with Gasteiger partial charge < -0.3 is 5.32 Å². The number of piperidine rings is 1. The molecule has 1 aliphatic heterocycles. The van der Waals surface area contributed by atoms with Gasteiger partial charge in [0, 0.05) is 24.5 Å². The van der Waals surface area contributed by atoms with Crippen LogP contribution >= 0.6 is 22.7 Å². The summed E-state index contributed by atoms with van der Waals surface area (Å²) in [4.78, 5) is 15.9. The molecule has 3 rings (SSSR count). The number of rotatable bonds is 4. The number of carbonyl (C=O) groups excluding carboxylic acids is 1. The molecule has 1 amide bonds. The lowest BCUT2D eigenvalue weighted by Gasteiger charge is -2.31. The van der Waals surface area contributed by atoms with Crippen molar-refractivity contribution in [1.29, 1.82) is 0 Å². The van der Waals surface area contributed by atoms with Crippen LogP contribution in [0.4, 0.5) is 0 Å². The van der Waals surface area contributed by atoms with Gasteiger partial charge in [-0.15, -0.1) is 22.7 Å². The van der Waals surface area contributed by atoms with Crippen LogP contribution < -0.4 is 5.32 Å². The Morgan fingerprint density at radius 1 is 1.36 bits per heavy atom. The summed E-state index contributed by atoms with van der Waals surface area (Å²) in [6, 6.07) is 3.35. The zero-order chi connectivity index (χ0) is 15.6. The van der Waals surface area contributed by atoms with E-state index in [2.05, 4.69) is 10.3 Å². The summed E-state index contributed by atoms with van der Waals surface area (Å²) in [7, 11) is -3.39. The molecule has 0 radical (unpaired) electrons. The van der Waals surface area contributed by atoms with Crippen molar-refractivity contribution in [1.82, 2.24) is 14.6 Å². The van der Waals surface area contributed by atoms with Crippen LogP contribution in [0, 0.1) is 0 Å². The fourth-order valence-electron chi connectivity index (χ4n) is 2.36. The van der Waals surface area contributed by atoms with Crippen molar-refractivity contribution in [2.45, 2.75) is 23.1 Å². The molecule has 0 bridgehead atoms. The average molecular weight is 357 g/mol. The van der Waals surface area contributed by atoms with E-state index in [1.54, 1.807) is 28.4 Å². The van der Waals surface area contributed by atoms with E-state index in [4.69, 9.17) is 0 Å². The molecule has 1 saturated heterocycles. The summed E-state index contributed by atoms with van der Waals surface area (Å²) in [6.45, 7) is 0.838. The molecule has 22 heavy (non-hydrogen) atoms. The molecule has 0 spiro atoms. The number of nitrogens with one attached hydrogen (secondary N) is 1. The van der Waals surface area contributed by atoms with Crippen LogP contribution in [0.3, 0.4) is 0 Å². The van der Waals surface area contributed by atoms with E-state index >= 15 is 0 Å². The number of hydrogen-bond acceptors (Lipinski definition) is 6. The Morgan fingerprint density at radius 2 is 2.14 bits per heavy atom. The Bertz CT molecular complexity index is 718. The zero-order valence-corrected chi connectivity index (χ0v) is 14.1. The third-order valence-corrected chi connectivity index (χ3v) is 7.40. The molecule has 3 heterocycles. The van der Waals surface area contributed by atoms with Crippen LogP contribution in [0.25, 0.3) is 0 Å².